The molecule has 4 rings (SSSR count). The van der Waals surface area contributed by atoms with Gasteiger partial charge in [-0.15, -0.1) is 10.2 Å². The monoisotopic (exact) mass is 474 g/mol. The lowest BCUT2D eigenvalue weighted by Gasteiger charge is -2.31. The Balaban J connectivity index is 1.34. The maximum atomic E-state index is 13.3. The number of nitrogens with one attached hydrogen (secondary N) is 1. The second kappa shape index (κ2) is 10.1. The van der Waals surface area contributed by atoms with E-state index in [0.29, 0.717) is 34.6 Å². The van der Waals surface area contributed by atoms with E-state index in [2.05, 4.69) is 15.5 Å². The second-order valence-corrected chi connectivity index (χ2v) is 8.78. The summed E-state index contributed by atoms with van der Waals surface area (Å²) in [6, 6.07) is 12.5. The summed E-state index contributed by atoms with van der Waals surface area (Å²) in [7, 11) is 0. The van der Waals surface area contributed by atoms with Crippen molar-refractivity contribution in [3.63, 3.8) is 0 Å². The molecule has 2 amide bonds. The number of aromatic nitrogens is 2. The molecule has 3 aromatic rings. The molecular formula is C22H20ClFN4O3S. The van der Waals surface area contributed by atoms with Crippen molar-refractivity contribution >= 4 is 40.4 Å². The number of halogens is 2. The number of hydrogen-bond donors (Lipinski definition) is 1. The van der Waals surface area contributed by atoms with Gasteiger partial charge in [0.15, 0.2) is 6.61 Å². The normalized spacial score (nSPS) is 15.9. The third-order valence-electron chi connectivity index (χ3n) is 5.02. The summed E-state index contributed by atoms with van der Waals surface area (Å²) >= 11 is 7.04. The van der Waals surface area contributed by atoms with Gasteiger partial charge in [0.25, 0.3) is 11.8 Å². The van der Waals surface area contributed by atoms with Gasteiger partial charge in [-0.2, -0.15) is 0 Å². The van der Waals surface area contributed by atoms with Crippen molar-refractivity contribution in [2.75, 3.05) is 25.0 Å². The summed E-state index contributed by atoms with van der Waals surface area (Å²) in [5.74, 6) is -0.420. The van der Waals surface area contributed by atoms with Gasteiger partial charge in [0.05, 0.1) is 0 Å². The zero-order chi connectivity index (χ0) is 22.5. The first-order chi connectivity index (χ1) is 15.5. The molecule has 166 valence electrons. The number of carbonyl (C=O) groups excluding carboxylic acids is 2. The fourth-order valence-electron chi connectivity index (χ4n) is 3.41. The third-order valence-corrected chi connectivity index (χ3v) is 6.35. The van der Waals surface area contributed by atoms with Gasteiger partial charge in [-0.25, -0.2) is 4.39 Å². The maximum Gasteiger partial charge on any atom is 0.286 e. The second-order valence-electron chi connectivity index (χ2n) is 7.33. The third kappa shape index (κ3) is 5.60. The summed E-state index contributed by atoms with van der Waals surface area (Å²) in [6.07, 6.45) is 1.67. The van der Waals surface area contributed by atoms with Crippen LogP contribution in [-0.4, -0.2) is 46.6 Å². The maximum absolute atomic E-state index is 13.3. The molecule has 1 aliphatic rings. The van der Waals surface area contributed by atoms with E-state index < -0.39 is 11.7 Å². The van der Waals surface area contributed by atoms with E-state index in [4.69, 9.17) is 16.3 Å². The molecule has 1 fully saturated rings. The minimum atomic E-state index is -0.445. The smallest absolute Gasteiger partial charge is 0.286 e. The number of piperidine rings is 1. The van der Waals surface area contributed by atoms with Gasteiger partial charge < -0.3 is 15.0 Å². The topological polar surface area (TPSA) is 84.4 Å². The molecule has 0 aliphatic carbocycles. The summed E-state index contributed by atoms with van der Waals surface area (Å²) in [5, 5.41) is 12.3. The zero-order valence-corrected chi connectivity index (χ0v) is 18.5. The van der Waals surface area contributed by atoms with Crippen LogP contribution < -0.4 is 10.1 Å². The van der Waals surface area contributed by atoms with Gasteiger partial charge in [0.1, 0.15) is 16.6 Å². The number of benzene rings is 2. The number of anilines is 1. The predicted octanol–water partition coefficient (Wildman–Crippen LogP) is 4.37. The van der Waals surface area contributed by atoms with Gasteiger partial charge in [-0.05, 0) is 55.3 Å². The van der Waals surface area contributed by atoms with E-state index in [9.17, 15) is 14.0 Å². The molecular weight excluding hydrogens is 455 g/mol. The zero-order valence-electron chi connectivity index (χ0n) is 17.0. The molecule has 2 heterocycles. The van der Waals surface area contributed by atoms with Crippen LogP contribution in [0.25, 0.3) is 0 Å². The van der Waals surface area contributed by atoms with Crippen LogP contribution in [0.4, 0.5) is 10.1 Å². The Hall–Kier alpha value is -3.04. The van der Waals surface area contributed by atoms with Crippen LogP contribution in [0.15, 0.2) is 48.5 Å². The first-order valence-electron chi connectivity index (χ1n) is 10.0. The highest BCUT2D eigenvalue weighted by Gasteiger charge is 2.28. The minimum Gasteiger partial charge on any atom is -0.484 e. The Labute approximate surface area is 193 Å². The average Bonchev–Trinajstić information content (AvgIpc) is 3.29. The van der Waals surface area contributed by atoms with Crippen LogP contribution >= 0.6 is 22.9 Å². The molecule has 1 atom stereocenters. The number of hydrogen-bond acceptors (Lipinski definition) is 6. The molecule has 1 aromatic heterocycles. The molecule has 2 aromatic carbocycles. The molecule has 32 heavy (non-hydrogen) atoms. The van der Waals surface area contributed by atoms with E-state index in [0.717, 1.165) is 12.8 Å². The highest BCUT2D eigenvalue weighted by Crippen LogP contribution is 2.29. The van der Waals surface area contributed by atoms with E-state index >= 15 is 0 Å². The Morgan fingerprint density at radius 3 is 2.81 bits per heavy atom. The minimum absolute atomic E-state index is 0.00329. The predicted molar refractivity (Wildman–Crippen MR) is 120 cm³/mol. The molecule has 0 spiro atoms. The van der Waals surface area contributed by atoms with Gasteiger partial charge in [0.2, 0.25) is 5.01 Å². The Morgan fingerprint density at radius 1 is 1.22 bits per heavy atom. The van der Waals surface area contributed by atoms with Crippen molar-refractivity contribution in [1.29, 1.82) is 0 Å². The van der Waals surface area contributed by atoms with Crippen molar-refractivity contribution in [2.24, 2.45) is 0 Å². The standard InChI is InChI=1S/C22H20ClFN4O3S/c23-15-6-8-18(9-7-15)31-13-19(29)28-10-2-3-14(12-28)21-26-27-22(32-21)20(30)25-17-5-1-4-16(24)11-17/h1,4-9,11,14H,2-3,10,12-13H2,(H,25,30). The van der Waals surface area contributed by atoms with Crippen LogP contribution in [0.1, 0.15) is 33.6 Å². The van der Waals surface area contributed by atoms with Crippen LogP contribution in [0.5, 0.6) is 5.75 Å². The fraction of sp³-hybridized carbons (Fsp3) is 0.273. The van der Waals surface area contributed by atoms with Gasteiger partial charge >= 0.3 is 0 Å². The summed E-state index contributed by atoms with van der Waals surface area (Å²) in [5.41, 5.74) is 0.349. The van der Waals surface area contributed by atoms with Gasteiger partial charge in [0, 0.05) is 29.7 Å². The van der Waals surface area contributed by atoms with Crippen molar-refractivity contribution in [1.82, 2.24) is 15.1 Å². The van der Waals surface area contributed by atoms with Crippen LogP contribution in [0, 0.1) is 5.82 Å². The number of likely N-dealkylation sites (tertiary alicyclic amines) is 1. The Morgan fingerprint density at radius 2 is 2.03 bits per heavy atom. The number of carbonyl (C=O) groups is 2. The van der Waals surface area contributed by atoms with Crippen molar-refractivity contribution < 1.29 is 18.7 Å². The first-order valence-corrected chi connectivity index (χ1v) is 11.2. The molecule has 1 aliphatic heterocycles. The molecule has 0 radical (unpaired) electrons. The van der Waals surface area contributed by atoms with Crippen molar-refractivity contribution in [3.05, 3.63) is 69.4 Å². The fourth-order valence-corrected chi connectivity index (χ4v) is 4.40. The lowest BCUT2D eigenvalue weighted by molar-refractivity contribution is -0.134. The van der Waals surface area contributed by atoms with Crippen LogP contribution in [0.3, 0.4) is 0 Å². The Kier molecular flexibility index (Phi) is 6.96. The van der Waals surface area contributed by atoms with Crippen LogP contribution in [-0.2, 0) is 4.79 Å². The summed E-state index contributed by atoms with van der Waals surface area (Å²) in [4.78, 5) is 26.8. The molecule has 10 heteroatoms. The number of nitrogens with zero attached hydrogens (tertiary/aromatic N) is 3. The lowest BCUT2D eigenvalue weighted by atomic mass is 9.99. The van der Waals surface area contributed by atoms with Crippen molar-refractivity contribution in [2.45, 2.75) is 18.8 Å². The van der Waals surface area contributed by atoms with Gasteiger partial charge in [-0.3, -0.25) is 9.59 Å². The molecule has 7 nitrogen and oxygen atoms in total. The SMILES string of the molecule is O=C(Nc1cccc(F)c1)c1nnc(C2CCCN(C(=O)COc3ccc(Cl)cc3)C2)s1. The number of amides is 2. The largest absolute Gasteiger partial charge is 0.484 e. The number of rotatable bonds is 6. The van der Waals surface area contributed by atoms with E-state index in [1.54, 1.807) is 35.2 Å². The molecule has 1 unspecified atom stereocenters. The number of ether oxygens (including phenoxy) is 1. The molecule has 1 saturated heterocycles. The summed E-state index contributed by atoms with van der Waals surface area (Å²) in [6.45, 7) is 1.07. The molecule has 1 N–H and O–H groups in total. The highest BCUT2D eigenvalue weighted by molar-refractivity contribution is 7.13. The quantitative estimate of drug-likeness (QED) is 0.573. The molecule has 0 bridgehead atoms. The van der Waals surface area contributed by atoms with Gasteiger partial charge in [-0.1, -0.05) is 29.0 Å². The van der Waals surface area contributed by atoms with Crippen LogP contribution in [0.2, 0.25) is 5.02 Å². The van der Waals surface area contributed by atoms with E-state index in [1.807, 2.05) is 0 Å². The average molecular weight is 475 g/mol. The lowest BCUT2D eigenvalue weighted by Crippen LogP contribution is -2.41. The van der Waals surface area contributed by atoms with E-state index in [-0.39, 0.29) is 23.4 Å². The molecule has 0 saturated carbocycles. The van der Waals surface area contributed by atoms with Crippen molar-refractivity contribution in [3.8, 4) is 5.75 Å². The van der Waals surface area contributed by atoms with E-state index in [1.165, 1.54) is 29.5 Å². The first kappa shape index (κ1) is 22.2. The summed E-state index contributed by atoms with van der Waals surface area (Å²) < 4.78 is 18.9. The highest BCUT2D eigenvalue weighted by atomic mass is 35.5. The Bertz CT molecular complexity index is 1110.